The summed E-state index contributed by atoms with van der Waals surface area (Å²) in [5.41, 5.74) is 2.56. The van der Waals surface area contributed by atoms with E-state index in [1.165, 1.54) is 0 Å². The van der Waals surface area contributed by atoms with E-state index in [0.717, 1.165) is 11.1 Å². The Morgan fingerprint density at radius 1 is 1.00 bits per heavy atom. The summed E-state index contributed by atoms with van der Waals surface area (Å²) < 4.78 is 11.9. The summed E-state index contributed by atoms with van der Waals surface area (Å²) in [7, 11) is 0. The Hall–Kier alpha value is -2.98. The summed E-state index contributed by atoms with van der Waals surface area (Å²) in [4.78, 5) is 12.9. The Balaban J connectivity index is 1.79. The number of aryl methyl sites for hydroxylation is 2. The molecule has 0 spiro atoms. The van der Waals surface area contributed by atoms with E-state index in [1.54, 1.807) is 18.2 Å². The monoisotopic (exact) mass is 409 g/mol. The highest BCUT2D eigenvalue weighted by atomic mass is 35.5. The molecule has 150 valence electrons. The number of para-hydroxylation sites is 1. The quantitative estimate of drug-likeness (QED) is 0.481. The molecule has 3 aromatic carbocycles. The van der Waals surface area contributed by atoms with Gasteiger partial charge in [0.15, 0.2) is 11.9 Å². The fraction of sp³-hybridized carbons (Fsp3) is 0.208. The fourth-order valence-electron chi connectivity index (χ4n) is 2.83. The van der Waals surface area contributed by atoms with Gasteiger partial charge in [-0.1, -0.05) is 48.9 Å². The Labute approximate surface area is 176 Å². The third kappa shape index (κ3) is 5.52. The molecule has 0 bridgehead atoms. The SMILES string of the molecule is CCC(Oc1cc(C)ccc1C)C(=O)Nc1cc(Cl)ccc1Oc1ccccc1. The number of hydrogen-bond acceptors (Lipinski definition) is 3. The molecule has 0 aliphatic rings. The van der Waals surface area contributed by atoms with E-state index >= 15 is 0 Å². The molecule has 3 rings (SSSR count). The van der Waals surface area contributed by atoms with E-state index in [0.29, 0.717) is 34.4 Å². The van der Waals surface area contributed by atoms with Gasteiger partial charge >= 0.3 is 0 Å². The maximum absolute atomic E-state index is 12.9. The molecular weight excluding hydrogens is 386 g/mol. The molecule has 1 atom stereocenters. The van der Waals surface area contributed by atoms with Crippen molar-refractivity contribution >= 4 is 23.2 Å². The van der Waals surface area contributed by atoms with Gasteiger partial charge in [0.1, 0.15) is 11.5 Å². The molecular formula is C24H24ClNO3. The minimum Gasteiger partial charge on any atom is -0.480 e. The lowest BCUT2D eigenvalue weighted by Crippen LogP contribution is -2.32. The molecule has 0 aliphatic carbocycles. The minimum atomic E-state index is -0.640. The average molecular weight is 410 g/mol. The van der Waals surface area contributed by atoms with Crippen molar-refractivity contribution in [3.63, 3.8) is 0 Å². The van der Waals surface area contributed by atoms with Crippen molar-refractivity contribution in [2.24, 2.45) is 0 Å². The molecule has 4 nitrogen and oxygen atoms in total. The molecule has 1 N–H and O–H groups in total. The van der Waals surface area contributed by atoms with Crippen molar-refractivity contribution in [1.29, 1.82) is 0 Å². The predicted molar refractivity (Wildman–Crippen MR) is 117 cm³/mol. The summed E-state index contributed by atoms with van der Waals surface area (Å²) in [6, 6.07) is 20.4. The van der Waals surface area contributed by atoms with Crippen LogP contribution in [0.3, 0.4) is 0 Å². The first-order valence-corrected chi connectivity index (χ1v) is 9.91. The van der Waals surface area contributed by atoms with Gasteiger partial charge in [-0.25, -0.2) is 0 Å². The van der Waals surface area contributed by atoms with Crippen LogP contribution in [0.25, 0.3) is 0 Å². The van der Waals surface area contributed by atoms with Crippen LogP contribution in [0.1, 0.15) is 24.5 Å². The number of amides is 1. The van der Waals surface area contributed by atoms with Crippen LogP contribution in [-0.2, 0) is 4.79 Å². The predicted octanol–water partition coefficient (Wildman–Crippen LogP) is 6.55. The second-order valence-electron chi connectivity index (χ2n) is 6.83. The van der Waals surface area contributed by atoms with Crippen LogP contribution in [0.15, 0.2) is 66.7 Å². The molecule has 0 aromatic heterocycles. The number of rotatable bonds is 7. The van der Waals surface area contributed by atoms with E-state index < -0.39 is 6.10 Å². The maximum Gasteiger partial charge on any atom is 0.265 e. The fourth-order valence-corrected chi connectivity index (χ4v) is 3.00. The maximum atomic E-state index is 12.9. The summed E-state index contributed by atoms with van der Waals surface area (Å²) >= 11 is 6.15. The lowest BCUT2D eigenvalue weighted by atomic mass is 10.1. The van der Waals surface area contributed by atoms with Crippen molar-refractivity contribution < 1.29 is 14.3 Å². The van der Waals surface area contributed by atoms with Crippen LogP contribution in [0.5, 0.6) is 17.2 Å². The molecule has 1 amide bonds. The standard InChI is InChI=1S/C24H24ClNO3/c1-4-21(29-23-14-16(2)10-11-17(23)3)24(27)26-20-15-18(25)12-13-22(20)28-19-8-6-5-7-9-19/h5-15,21H,4H2,1-3H3,(H,26,27). The summed E-state index contributed by atoms with van der Waals surface area (Å²) in [6.45, 7) is 5.86. The van der Waals surface area contributed by atoms with Crippen LogP contribution in [-0.4, -0.2) is 12.0 Å². The van der Waals surface area contributed by atoms with E-state index in [2.05, 4.69) is 5.32 Å². The molecule has 0 heterocycles. The highest BCUT2D eigenvalue weighted by molar-refractivity contribution is 6.31. The largest absolute Gasteiger partial charge is 0.480 e. The zero-order valence-electron chi connectivity index (χ0n) is 16.7. The number of benzene rings is 3. The van der Waals surface area contributed by atoms with Gasteiger partial charge < -0.3 is 14.8 Å². The molecule has 0 radical (unpaired) electrons. The zero-order chi connectivity index (χ0) is 20.8. The number of hydrogen-bond donors (Lipinski definition) is 1. The van der Waals surface area contributed by atoms with Gasteiger partial charge in [0, 0.05) is 5.02 Å². The third-order valence-electron chi connectivity index (χ3n) is 4.45. The van der Waals surface area contributed by atoms with Crippen LogP contribution < -0.4 is 14.8 Å². The molecule has 29 heavy (non-hydrogen) atoms. The zero-order valence-corrected chi connectivity index (χ0v) is 17.5. The van der Waals surface area contributed by atoms with Gasteiger partial charge in [-0.15, -0.1) is 0 Å². The van der Waals surface area contributed by atoms with Crippen LogP contribution in [0.4, 0.5) is 5.69 Å². The number of carbonyl (C=O) groups excluding carboxylic acids is 1. The van der Waals surface area contributed by atoms with Crippen molar-refractivity contribution in [2.75, 3.05) is 5.32 Å². The Morgan fingerprint density at radius 2 is 1.76 bits per heavy atom. The normalized spacial score (nSPS) is 11.6. The Kier molecular flexibility index (Phi) is 6.78. The number of ether oxygens (including phenoxy) is 2. The first-order chi connectivity index (χ1) is 14.0. The highest BCUT2D eigenvalue weighted by Gasteiger charge is 2.21. The molecule has 0 fully saturated rings. The smallest absolute Gasteiger partial charge is 0.265 e. The second-order valence-corrected chi connectivity index (χ2v) is 7.26. The first-order valence-electron chi connectivity index (χ1n) is 9.53. The molecule has 1 unspecified atom stereocenters. The first kappa shape index (κ1) is 20.7. The third-order valence-corrected chi connectivity index (χ3v) is 4.68. The van der Waals surface area contributed by atoms with Crippen molar-refractivity contribution in [1.82, 2.24) is 0 Å². The molecule has 0 saturated carbocycles. The van der Waals surface area contributed by atoms with Gasteiger partial charge in [-0.3, -0.25) is 4.79 Å². The number of halogens is 1. The van der Waals surface area contributed by atoms with Gasteiger partial charge in [0.25, 0.3) is 5.91 Å². The number of nitrogens with one attached hydrogen (secondary N) is 1. The molecule has 3 aromatic rings. The van der Waals surface area contributed by atoms with Crippen molar-refractivity contribution in [3.8, 4) is 17.2 Å². The second kappa shape index (κ2) is 9.48. The van der Waals surface area contributed by atoms with Gasteiger partial charge in [-0.05, 0) is 67.8 Å². The van der Waals surface area contributed by atoms with Gasteiger partial charge in [-0.2, -0.15) is 0 Å². The van der Waals surface area contributed by atoms with Gasteiger partial charge in [0.2, 0.25) is 0 Å². The molecule has 0 aliphatic heterocycles. The van der Waals surface area contributed by atoms with Crippen molar-refractivity contribution in [2.45, 2.75) is 33.3 Å². The van der Waals surface area contributed by atoms with Crippen LogP contribution >= 0.6 is 11.6 Å². The van der Waals surface area contributed by atoms with E-state index in [9.17, 15) is 4.79 Å². The lowest BCUT2D eigenvalue weighted by Gasteiger charge is -2.20. The van der Waals surface area contributed by atoms with E-state index in [-0.39, 0.29) is 5.91 Å². The Bertz CT molecular complexity index is 989. The number of carbonyl (C=O) groups is 1. The topological polar surface area (TPSA) is 47.6 Å². The van der Waals surface area contributed by atoms with E-state index in [1.807, 2.05) is 69.3 Å². The Morgan fingerprint density at radius 3 is 2.48 bits per heavy atom. The minimum absolute atomic E-state index is 0.256. The van der Waals surface area contributed by atoms with Crippen LogP contribution in [0.2, 0.25) is 5.02 Å². The van der Waals surface area contributed by atoms with Crippen LogP contribution in [0, 0.1) is 13.8 Å². The van der Waals surface area contributed by atoms with Crippen molar-refractivity contribution in [3.05, 3.63) is 82.9 Å². The summed E-state index contributed by atoms with van der Waals surface area (Å²) in [5, 5.41) is 3.41. The molecule has 5 heteroatoms. The highest BCUT2D eigenvalue weighted by Crippen LogP contribution is 2.32. The van der Waals surface area contributed by atoms with Gasteiger partial charge in [0.05, 0.1) is 5.69 Å². The average Bonchev–Trinajstić information content (AvgIpc) is 2.71. The van der Waals surface area contributed by atoms with E-state index in [4.69, 9.17) is 21.1 Å². The molecule has 0 saturated heterocycles. The lowest BCUT2D eigenvalue weighted by molar-refractivity contribution is -0.122. The summed E-state index contributed by atoms with van der Waals surface area (Å²) in [5.74, 6) is 1.63. The summed E-state index contributed by atoms with van der Waals surface area (Å²) in [6.07, 6.45) is -0.117. The number of anilines is 1.